The second kappa shape index (κ2) is 6.74. The number of ether oxygens (including phenoxy) is 1. The van der Waals surface area contributed by atoms with Crippen molar-refractivity contribution in [2.75, 3.05) is 7.11 Å². The third-order valence-corrected chi connectivity index (χ3v) is 3.00. The molecule has 1 aromatic rings. The first kappa shape index (κ1) is 14.2. The molecule has 0 saturated carbocycles. The van der Waals surface area contributed by atoms with Crippen molar-refractivity contribution in [2.45, 2.75) is 31.7 Å². The van der Waals surface area contributed by atoms with Crippen LogP contribution >= 0.6 is 0 Å². The zero-order valence-corrected chi connectivity index (χ0v) is 10.5. The summed E-state index contributed by atoms with van der Waals surface area (Å²) in [6, 6.07) is 8.30. The third kappa shape index (κ3) is 3.55. The van der Waals surface area contributed by atoms with E-state index in [1.165, 1.54) is 7.11 Å². The van der Waals surface area contributed by atoms with Crippen LogP contribution in [-0.2, 0) is 9.53 Å². The van der Waals surface area contributed by atoms with Crippen LogP contribution in [0, 0.1) is 10.1 Å². The van der Waals surface area contributed by atoms with Gasteiger partial charge >= 0.3 is 5.97 Å². The fourth-order valence-electron chi connectivity index (χ4n) is 2.02. The van der Waals surface area contributed by atoms with E-state index >= 15 is 0 Å². The molecule has 0 bridgehead atoms. The van der Waals surface area contributed by atoms with Gasteiger partial charge in [-0.25, -0.2) is 0 Å². The normalized spacial score (nSPS) is 13.7. The van der Waals surface area contributed by atoms with Gasteiger partial charge in [0.1, 0.15) is 0 Å². The summed E-state index contributed by atoms with van der Waals surface area (Å²) < 4.78 is 4.62. The molecule has 0 fully saturated rings. The highest BCUT2D eigenvalue weighted by molar-refractivity contribution is 5.70. The van der Waals surface area contributed by atoms with Crippen LogP contribution in [0.5, 0.6) is 0 Å². The molecule has 0 aliphatic carbocycles. The average molecular weight is 251 g/mol. The monoisotopic (exact) mass is 251 g/mol. The number of esters is 1. The summed E-state index contributed by atoms with van der Waals surface area (Å²) in [5.74, 6) is -0.872. The summed E-state index contributed by atoms with van der Waals surface area (Å²) in [7, 11) is 1.29. The lowest BCUT2D eigenvalue weighted by Crippen LogP contribution is -2.29. The van der Waals surface area contributed by atoms with E-state index in [9.17, 15) is 14.9 Å². The smallest absolute Gasteiger partial charge is 0.306 e. The summed E-state index contributed by atoms with van der Waals surface area (Å²) in [6.45, 7) is 1.75. The quantitative estimate of drug-likeness (QED) is 0.442. The Kier molecular flexibility index (Phi) is 5.30. The van der Waals surface area contributed by atoms with E-state index in [1.54, 1.807) is 19.1 Å². The van der Waals surface area contributed by atoms with Gasteiger partial charge in [0.25, 0.3) is 0 Å². The first-order valence-corrected chi connectivity index (χ1v) is 5.85. The summed E-state index contributed by atoms with van der Waals surface area (Å²) in [5.41, 5.74) is 0.798. The number of benzene rings is 1. The van der Waals surface area contributed by atoms with Gasteiger partial charge < -0.3 is 4.74 Å². The third-order valence-electron chi connectivity index (χ3n) is 3.00. The van der Waals surface area contributed by atoms with Gasteiger partial charge in [-0.05, 0) is 5.56 Å². The Labute approximate surface area is 106 Å². The van der Waals surface area contributed by atoms with Crippen molar-refractivity contribution in [2.24, 2.45) is 0 Å². The molecule has 2 atom stereocenters. The second-order valence-corrected chi connectivity index (χ2v) is 4.06. The fraction of sp³-hybridized carbons (Fsp3) is 0.462. The van der Waals surface area contributed by atoms with Gasteiger partial charge in [-0.3, -0.25) is 14.9 Å². The highest BCUT2D eigenvalue weighted by Crippen LogP contribution is 2.27. The van der Waals surface area contributed by atoms with E-state index < -0.39 is 17.9 Å². The van der Waals surface area contributed by atoms with Gasteiger partial charge in [-0.1, -0.05) is 37.3 Å². The maximum Gasteiger partial charge on any atom is 0.306 e. The molecular formula is C13H17NO4. The topological polar surface area (TPSA) is 69.4 Å². The van der Waals surface area contributed by atoms with Crippen molar-refractivity contribution < 1.29 is 14.5 Å². The minimum atomic E-state index is -0.772. The summed E-state index contributed by atoms with van der Waals surface area (Å²) in [4.78, 5) is 22.1. The lowest BCUT2D eigenvalue weighted by molar-refractivity contribution is -0.527. The van der Waals surface area contributed by atoms with Crippen LogP contribution in [0.2, 0.25) is 0 Å². The predicted molar refractivity (Wildman–Crippen MR) is 66.9 cm³/mol. The van der Waals surface area contributed by atoms with Crippen molar-refractivity contribution in [3.05, 3.63) is 46.0 Å². The van der Waals surface area contributed by atoms with Crippen LogP contribution in [-0.4, -0.2) is 24.0 Å². The number of hydrogen-bond acceptors (Lipinski definition) is 4. The van der Waals surface area contributed by atoms with Crippen molar-refractivity contribution in [1.82, 2.24) is 0 Å². The van der Waals surface area contributed by atoms with Crippen molar-refractivity contribution in [1.29, 1.82) is 0 Å². The Morgan fingerprint density at radius 3 is 2.44 bits per heavy atom. The number of rotatable bonds is 6. The molecule has 0 aliphatic rings. The Morgan fingerprint density at radius 1 is 1.39 bits per heavy atom. The molecule has 0 amide bonds. The summed E-state index contributed by atoms with van der Waals surface area (Å²) in [6.07, 6.45) is 0.406. The lowest BCUT2D eigenvalue weighted by atomic mass is 9.87. The van der Waals surface area contributed by atoms with Crippen LogP contribution in [0.25, 0.3) is 0 Å². The molecule has 1 rings (SSSR count). The molecule has 98 valence electrons. The Bertz CT molecular complexity index is 405. The van der Waals surface area contributed by atoms with Crippen LogP contribution in [0.3, 0.4) is 0 Å². The van der Waals surface area contributed by atoms with Gasteiger partial charge in [0.15, 0.2) is 0 Å². The Morgan fingerprint density at radius 2 is 2.00 bits per heavy atom. The minimum absolute atomic E-state index is 0.0278. The van der Waals surface area contributed by atoms with Gasteiger partial charge in [-0.15, -0.1) is 0 Å². The molecule has 0 heterocycles. The molecule has 18 heavy (non-hydrogen) atoms. The summed E-state index contributed by atoms with van der Waals surface area (Å²) in [5, 5.41) is 11.1. The first-order valence-electron chi connectivity index (χ1n) is 5.85. The molecule has 0 aromatic heterocycles. The van der Waals surface area contributed by atoms with Crippen LogP contribution in [0.4, 0.5) is 0 Å². The van der Waals surface area contributed by atoms with Crippen molar-refractivity contribution in [3.63, 3.8) is 0 Å². The van der Waals surface area contributed by atoms with E-state index in [2.05, 4.69) is 4.74 Å². The molecule has 0 N–H and O–H groups in total. The van der Waals surface area contributed by atoms with Crippen LogP contribution in [0.1, 0.15) is 31.2 Å². The van der Waals surface area contributed by atoms with E-state index in [-0.39, 0.29) is 11.3 Å². The molecule has 1 aromatic carbocycles. The first-order chi connectivity index (χ1) is 8.60. The standard InChI is InChI=1S/C13H17NO4/c1-3-12(14(16)17)11(9-13(15)18-2)10-7-5-4-6-8-10/h4-8,11-12H,3,9H2,1-2H3/t11-,12+/m0/s1. The van der Waals surface area contributed by atoms with Crippen LogP contribution < -0.4 is 0 Å². The molecule has 0 spiro atoms. The highest BCUT2D eigenvalue weighted by atomic mass is 16.6. The molecular weight excluding hydrogens is 234 g/mol. The number of nitro groups is 1. The number of methoxy groups -OCH3 is 1. The minimum Gasteiger partial charge on any atom is -0.469 e. The Hall–Kier alpha value is -1.91. The number of nitrogens with zero attached hydrogens (tertiary/aromatic N) is 1. The van der Waals surface area contributed by atoms with Gasteiger partial charge in [0.05, 0.1) is 19.4 Å². The van der Waals surface area contributed by atoms with E-state index in [0.29, 0.717) is 6.42 Å². The van der Waals surface area contributed by atoms with Crippen molar-refractivity contribution >= 4 is 5.97 Å². The maximum absolute atomic E-state index is 11.4. The predicted octanol–water partition coefficient (Wildman–Crippen LogP) is 2.39. The average Bonchev–Trinajstić information content (AvgIpc) is 2.38. The number of carbonyl (C=O) groups is 1. The van der Waals surface area contributed by atoms with Crippen LogP contribution in [0.15, 0.2) is 30.3 Å². The molecule has 0 radical (unpaired) electrons. The zero-order valence-electron chi connectivity index (χ0n) is 10.5. The van der Waals surface area contributed by atoms with E-state index in [1.807, 2.05) is 18.2 Å². The largest absolute Gasteiger partial charge is 0.469 e. The molecule has 0 saturated heterocycles. The van der Waals surface area contributed by atoms with E-state index in [4.69, 9.17) is 0 Å². The molecule has 0 unspecified atom stereocenters. The van der Waals surface area contributed by atoms with Crippen molar-refractivity contribution in [3.8, 4) is 0 Å². The maximum atomic E-state index is 11.4. The molecule has 5 heteroatoms. The second-order valence-electron chi connectivity index (χ2n) is 4.06. The molecule has 0 aliphatic heterocycles. The zero-order chi connectivity index (χ0) is 13.5. The van der Waals surface area contributed by atoms with Gasteiger partial charge in [0.2, 0.25) is 6.04 Å². The lowest BCUT2D eigenvalue weighted by Gasteiger charge is -2.19. The van der Waals surface area contributed by atoms with Gasteiger partial charge in [-0.2, -0.15) is 0 Å². The number of carbonyl (C=O) groups excluding carboxylic acids is 1. The summed E-state index contributed by atoms with van der Waals surface area (Å²) >= 11 is 0. The molecule has 5 nitrogen and oxygen atoms in total. The highest BCUT2D eigenvalue weighted by Gasteiger charge is 2.33. The Balaban J connectivity index is 3.01. The van der Waals surface area contributed by atoms with E-state index in [0.717, 1.165) is 5.56 Å². The van der Waals surface area contributed by atoms with Gasteiger partial charge in [0, 0.05) is 11.3 Å². The SMILES string of the molecule is CC[C@H]([C@@H](CC(=O)OC)c1ccccc1)[N+](=O)[O-]. The number of hydrogen-bond donors (Lipinski definition) is 0. The fourth-order valence-corrected chi connectivity index (χ4v) is 2.02.